The minimum atomic E-state index is -0.868. The normalized spacial score (nSPS) is 10.7. The summed E-state index contributed by atoms with van der Waals surface area (Å²) in [5.74, 6) is -2.18. The van der Waals surface area contributed by atoms with E-state index in [0.29, 0.717) is 16.8 Å². The van der Waals surface area contributed by atoms with E-state index in [1.54, 1.807) is 24.3 Å². The Hall–Kier alpha value is -3.02. The number of halogens is 2. The van der Waals surface area contributed by atoms with Crippen molar-refractivity contribution in [2.75, 3.05) is 5.32 Å². The van der Waals surface area contributed by atoms with E-state index in [9.17, 15) is 18.4 Å². The fraction of sp³-hybridized carbons (Fsp3) is 0.0588. The summed E-state index contributed by atoms with van der Waals surface area (Å²) in [6.07, 6.45) is 1.39. The number of hydrogen-bond donors (Lipinski definition) is 1. The Morgan fingerprint density at radius 2 is 1.78 bits per heavy atom. The Balaban J connectivity index is 2.08. The van der Waals surface area contributed by atoms with Crippen molar-refractivity contribution in [2.24, 2.45) is 7.05 Å². The van der Waals surface area contributed by atoms with Crippen molar-refractivity contribution in [3.8, 4) is 0 Å². The van der Waals surface area contributed by atoms with Crippen LogP contribution in [0.15, 0.2) is 53.5 Å². The first kappa shape index (κ1) is 14.9. The van der Waals surface area contributed by atoms with Crippen molar-refractivity contribution >= 4 is 22.4 Å². The highest BCUT2D eigenvalue weighted by Gasteiger charge is 2.15. The molecule has 3 aromatic rings. The number of amides is 1. The summed E-state index contributed by atoms with van der Waals surface area (Å²) in [4.78, 5) is 24.5. The second-order valence-electron chi connectivity index (χ2n) is 5.08. The van der Waals surface area contributed by atoms with Crippen LogP contribution in [0.2, 0.25) is 0 Å². The van der Waals surface area contributed by atoms with Gasteiger partial charge in [-0.2, -0.15) is 0 Å². The number of carbonyl (C=O) groups excluding carboxylic acids is 1. The summed E-state index contributed by atoms with van der Waals surface area (Å²) in [6.45, 7) is 0. The maximum Gasteiger partial charge on any atom is 0.258 e. The molecule has 2 aromatic carbocycles. The molecule has 1 heterocycles. The van der Waals surface area contributed by atoms with Gasteiger partial charge in [-0.25, -0.2) is 8.78 Å². The van der Waals surface area contributed by atoms with Crippen LogP contribution in [0.1, 0.15) is 10.4 Å². The van der Waals surface area contributed by atoms with Crippen LogP contribution in [0.25, 0.3) is 10.8 Å². The zero-order valence-corrected chi connectivity index (χ0v) is 12.1. The predicted octanol–water partition coefficient (Wildman–Crippen LogP) is 3.07. The lowest BCUT2D eigenvalue weighted by atomic mass is 10.1. The van der Waals surface area contributed by atoms with Crippen molar-refractivity contribution in [3.63, 3.8) is 0 Å². The summed E-state index contributed by atoms with van der Waals surface area (Å²) in [7, 11) is 1.53. The second kappa shape index (κ2) is 5.64. The summed E-state index contributed by atoms with van der Waals surface area (Å²) < 4.78 is 27.9. The van der Waals surface area contributed by atoms with Crippen molar-refractivity contribution in [2.45, 2.75) is 0 Å². The molecule has 0 fully saturated rings. The SMILES string of the molecule is Cn1cc(C(=O)Nc2ccc(F)cc2F)c2ccccc2c1=O. The van der Waals surface area contributed by atoms with Gasteiger partial charge in [0, 0.05) is 30.1 Å². The van der Waals surface area contributed by atoms with Gasteiger partial charge in [0.15, 0.2) is 0 Å². The molecule has 116 valence electrons. The molecule has 0 aliphatic carbocycles. The van der Waals surface area contributed by atoms with Gasteiger partial charge in [0.25, 0.3) is 11.5 Å². The molecule has 0 bridgehead atoms. The number of fused-ring (bicyclic) bond motifs is 1. The number of nitrogens with one attached hydrogen (secondary N) is 1. The fourth-order valence-electron chi connectivity index (χ4n) is 2.38. The van der Waals surface area contributed by atoms with Gasteiger partial charge in [0.05, 0.1) is 11.3 Å². The third kappa shape index (κ3) is 2.70. The lowest BCUT2D eigenvalue weighted by Crippen LogP contribution is -2.21. The summed E-state index contributed by atoms with van der Waals surface area (Å²) >= 11 is 0. The predicted molar refractivity (Wildman–Crippen MR) is 83.5 cm³/mol. The highest BCUT2D eigenvalue weighted by molar-refractivity contribution is 6.12. The van der Waals surface area contributed by atoms with Gasteiger partial charge in [0.1, 0.15) is 11.6 Å². The fourth-order valence-corrected chi connectivity index (χ4v) is 2.38. The first-order valence-electron chi connectivity index (χ1n) is 6.82. The maximum absolute atomic E-state index is 13.7. The van der Waals surface area contributed by atoms with Crippen LogP contribution in [0.4, 0.5) is 14.5 Å². The zero-order chi connectivity index (χ0) is 16.6. The molecule has 3 rings (SSSR count). The van der Waals surface area contributed by atoms with Crippen LogP contribution < -0.4 is 10.9 Å². The van der Waals surface area contributed by atoms with E-state index in [0.717, 1.165) is 12.1 Å². The number of hydrogen-bond acceptors (Lipinski definition) is 2. The number of benzene rings is 2. The Kier molecular flexibility index (Phi) is 3.65. The Morgan fingerprint density at radius 1 is 1.09 bits per heavy atom. The molecule has 0 radical (unpaired) electrons. The first-order valence-corrected chi connectivity index (χ1v) is 6.82. The number of anilines is 1. The van der Waals surface area contributed by atoms with E-state index < -0.39 is 17.5 Å². The number of pyridine rings is 1. The van der Waals surface area contributed by atoms with Crippen LogP contribution in [0.5, 0.6) is 0 Å². The summed E-state index contributed by atoms with van der Waals surface area (Å²) in [5, 5.41) is 3.26. The molecule has 0 aliphatic rings. The maximum atomic E-state index is 13.7. The second-order valence-corrected chi connectivity index (χ2v) is 5.08. The van der Waals surface area contributed by atoms with Gasteiger partial charge in [-0.15, -0.1) is 0 Å². The van der Waals surface area contributed by atoms with E-state index in [-0.39, 0.29) is 16.8 Å². The average Bonchev–Trinajstić information content (AvgIpc) is 2.53. The highest BCUT2D eigenvalue weighted by atomic mass is 19.1. The Bertz CT molecular complexity index is 980. The van der Waals surface area contributed by atoms with Crippen LogP contribution in [0, 0.1) is 11.6 Å². The summed E-state index contributed by atoms with van der Waals surface area (Å²) in [5.41, 5.74) is -0.133. The van der Waals surface area contributed by atoms with Gasteiger partial charge in [-0.1, -0.05) is 18.2 Å². The van der Waals surface area contributed by atoms with Crippen molar-refractivity contribution in [1.82, 2.24) is 4.57 Å². The number of rotatable bonds is 2. The Morgan fingerprint density at radius 3 is 2.48 bits per heavy atom. The Labute approximate surface area is 130 Å². The molecule has 1 N–H and O–H groups in total. The molecular formula is C17H12F2N2O2. The molecule has 0 aliphatic heterocycles. The number of aryl methyl sites for hydroxylation is 1. The molecule has 6 heteroatoms. The smallest absolute Gasteiger partial charge is 0.258 e. The molecule has 1 amide bonds. The minimum Gasteiger partial charge on any atom is -0.319 e. The molecule has 0 unspecified atom stereocenters. The lowest BCUT2D eigenvalue weighted by Gasteiger charge is -2.10. The summed E-state index contributed by atoms with van der Waals surface area (Å²) in [6, 6.07) is 9.56. The third-order valence-electron chi connectivity index (χ3n) is 3.51. The standard InChI is InChI=1S/C17H12F2N2O2/c1-21-9-13(11-4-2-3-5-12(11)17(21)23)16(22)20-15-7-6-10(18)8-14(15)19/h2-9H,1H3,(H,20,22). The molecule has 23 heavy (non-hydrogen) atoms. The van der Waals surface area contributed by atoms with E-state index in [1.807, 2.05) is 0 Å². The first-order chi connectivity index (χ1) is 11.0. The van der Waals surface area contributed by atoms with Gasteiger partial charge in [-0.3, -0.25) is 9.59 Å². The van der Waals surface area contributed by atoms with Gasteiger partial charge < -0.3 is 9.88 Å². The van der Waals surface area contributed by atoms with Crippen LogP contribution in [-0.4, -0.2) is 10.5 Å². The molecule has 0 atom stereocenters. The molecule has 0 saturated heterocycles. The minimum absolute atomic E-state index is 0.130. The van der Waals surface area contributed by atoms with Crippen LogP contribution in [-0.2, 0) is 7.05 Å². The van der Waals surface area contributed by atoms with Gasteiger partial charge >= 0.3 is 0 Å². The number of aromatic nitrogens is 1. The van der Waals surface area contributed by atoms with E-state index in [1.165, 1.54) is 17.8 Å². The molecule has 0 saturated carbocycles. The van der Waals surface area contributed by atoms with Crippen molar-refractivity contribution in [1.29, 1.82) is 0 Å². The van der Waals surface area contributed by atoms with Crippen LogP contribution >= 0.6 is 0 Å². The zero-order valence-electron chi connectivity index (χ0n) is 12.1. The third-order valence-corrected chi connectivity index (χ3v) is 3.51. The lowest BCUT2D eigenvalue weighted by molar-refractivity contribution is 0.102. The quantitative estimate of drug-likeness (QED) is 0.790. The van der Waals surface area contributed by atoms with E-state index >= 15 is 0 Å². The number of nitrogens with zero attached hydrogens (tertiary/aromatic N) is 1. The van der Waals surface area contributed by atoms with E-state index in [4.69, 9.17) is 0 Å². The van der Waals surface area contributed by atoms with Crippen molar-refractivity contribution in [3.05, 3.63) is 76.2 Å². The highest BCUT2D eigenvalue weighted by Crippen LogP contribution is 2.19. The monoisotopic (exact) mass is 314 g/mol. The topological polar surface area (TPSA) is 51.1 Å². The largest absolute Gasteiger partial charge is 0.319 e. The van der Waals surface area contributed by atoms with Crippen LogP contribution in [0.3, 0.4) is 0 Å². The molecule has 0 spiro atoms. The van der Waals surface area contributed by atoms with Crippen molar-refractivity contribution < 1.29 is 13.6 Å². The van der Waals surface area contributed by atoms with Gasteiger partial charge in [-0.05, 0) is 18.2 Å². The van der Waals surface area contributed by atoms with Gasteiger partial charge in [0.2, 0.25) is 0 Å². The average molecular weight is 314 g/mol. The van der Waals surface area contributed by atoms with E-state index in [2.05, 4.69) is 5.32 Å². The molecular weight excluding hydrogens is 302 g/mol. The molecule has 1 aromatic heterocycles. The number of carbonyl (C=O) groups is 1. The molecule has 4 nitrogen and oxygen atoms in total.